The first-order valence-corrected chi connectivity index (χ1v) is 11.8. The summed E-state index contributed by atoms with van der Waals surface area (Å²) in [6.07, 6.45) is 9.75. The predicted molar refractivity (Wildman–Crippen MR) is 115 cm³/mol. The largest absolute Gasteiger partial charge is 0.393 e. The summed E-state index contributed by atoms with van der Waals surface area (Å²) in [5.41, 5.74) is 1.35. The molecule has 3 saturated carbocycles. The molecule has 1 N–H and O–H groups in total. The van der Waals surface area contributed by atoms with Gasteiger partial charge in [0, 0.05) is 12.3 Å². The van der Waals surface area contributed by atoms with Crippen molar-refractivity contribution in [2.24, 2.45) is 34.5 Å². The van der Waals surface area contributed by atoms with Crippen LogP contribution < -0.4 is 0 Å². The number of carbonyl (C=O) groups excluding carboxylic acids is 1. The number of aliphatic hydroxyl groups excluding tert-OH is 1. The second-order valence-corrected chi connectivity index (χ2v) is 10.7. The zero-order chi connectivity index (χ0) is 20.8. The van der Waals surface area contributed by atoms with Crippen LogP contribution >= 0.6 is 0 Å². The molecule has 160 valence electrons. The number of hydrogen-bond acceptors (Lipinski definition) is 3. The van der Waals surface area contributed by atoms with Crippen molar-refractivity contribution < 1.29 is 14.6 Å². The molecule has 0 saturated heterocycles. The first-order chi connectivity index (χ1) is 13.8. The van der Waals surface area contributed by atoms with Gasteiger partial charge in [0.1, 0.15) is 6.61 Å². The third-order valence-corrected chi connectivity index (χ3v) is 9.22. The predicted octanol–water partition coefficient (Wildman–Crippen LogP) is 4.92. The lowest BCUT2D eigenvalue weighted by atomic mass is 9.47. The smallest absolute Gasteiger partial charge is 0.155 e. The summed E-state index contributed by atoms with van der Waals surface area (Å²) >= 11 is 0. The zero-order valence-electron chi connectivity index (χ0n) is 18.7. The SMILES string of the molecule is CCC(C)C#CCO[C@@H]1C[C@@H]2[C@H](CC[C@]3(C)C(O)CC[C@@H]23)[C@@]2(C)CCC(=O)C=C12. The molecule has 0 spiro atoms. The second kappa shape index (κ2) is 7.86. The van der Waals surface area contributed by atoms with E-state index in [0.29, 0.717) is 36.7 Å². The first-order valence-electron chi connectivity index (χ1n) is 11.8. The average Bonchev–Trinajstić information content (AvgIpc) is 3.01. The van der Waals surface area contributed by atoms with E-state index in [2.05, 4.69) is 39.5 Å². The van der Waals surface area contributed by atoms with E-state index in [1.54, 1.807) is 0 Å². The number of ketones is 1. The maximum atomic E-state index is 12.3. The highest BCUT2D eigenvalue weighted by Crippen LogP contribution is 2.65. The van der Waals surface area contributed by atoms with Crippen molar-refractivity contribution in [1.82, 2.24) is 0 Å². The van der Waals surface area contributed by atoms with E-state index in [0.717, 1.165) is 44.9 Å². The van der Waals surface area contributed by atoms with E-state index in [1.165, 1.54) is 5.57 Å². The van der Waals surface area contributed by atoms with Crippen LogP contribution in [0.25, 0.3) is 0 Å². The summed E-state index contributed by atoms with van der Waals surface area (Å²) in [6, 6.07) is 0. The summed E-state index contributed by atoms with van der Waals surface area (Å²) in [5, 5.41) is 10.7. The van der Waals surface area contributed by atoms with E-state index in [4.69, 9.17) is 4.74 Å². The monoisotopic (exact) mass is 398 g/mol. The van der Waals surface area contributed by atoms with Crippen LogP contribution in [0.1, 0.15) is 79.1 Å². The number of rotatable bonds is 3. The van der Waals surface area contributed by atoms with Gasteiger partial charge in [0.15, 0.2) is 5.78 Å². The van der Waals surface area contributed by atoms with E-state index in [-0.39, 0.29) is 28.8 Å². The molecule has 2 unspecified atom stereocenters. The van der Waals surface area contributed by atoms with Crippen LogP contribution in [0.5, 0.6) is 0 Å². The van der Waals surface area contributed by atoms with Crippen LogP contribution in [0.4, 0.5) is 0 Å². The minimum atomic E-state index is -0.160. The lowest BCUT2D eigenvalue weighted by Crippen LogP contribution is -2.54. The average molecular weight is 399 g/mol. The normalized spacial score (nSPS) is 44.7. The molecule has 0 aromatic rings. The van der Waals surface area contributed by atoms with Crippen molar-refractivity contribution in [3.63, 3.8) is 0 Å². The minimum absolute atomic E-state index is 0.00294. The molecule has 0 amide bonds. The van der Waals surface area contributed by atoms with Crippen molar-refractivity contribution in [2.75, 3.05) is 6.61 Å². The van der Waals surface area contributed by atoms with E-state index >= 15 is 0 Å². The molecule has 4 aliphatic rings. The molecule has 3 fully saturated rings. The topological polar surface area (TPSA) is 46.5 Å². The maximum Gasteiger partial charge on any atom is 0.155 e. The summed E-state index contributed by atoms with van der Waals surface area (Å²) in [6.45, 7) is 9.44. The van der Waals surface area contributed by atoms with Gasteiger partial charge in [-0.3, -0.25) is 4.79 Å². The maximum absolute atomic E-state index is 12.3. The molecule has 0 aliphatic heterocycles. The Morgan fingerprint density at radius 2 is 2.03 bits per heavy atom. The van der Waals surface area contributed by atoms with Crippen molar-refractivity contribution in [3.8, 4) is 11.8 Å². The summed E-state index contributed by atoms with van der Waals surface area (Å²) in [4.78, 5) is 12.3. The van der Waals surface area contributed by atoms with Crippen molar-refractivity contribution in [1.29, 1.82) is 0 Å². The Hall–Kier alpha value is -1.11. The van der Waals surface area contributed by atoms with Gasteiger partial charge in [-0.05, 0) is 85.2 Å². The Bertz CT molecular complexity index is 743. The molecule has 0 aromatic carbocycles. The standard InChI is InChI=1S/C26H38O3/c1-5-17(2)7-6-14-29-23-16-19-20-8-9-24(28)26(20,4)13-11-21(19)25(3)12-10-18(27)15-22(23)25/h15,17,19-21,23-24,28H,5,8-14,16H2,1-4H3/t17?,19-,20-,21-,23+,24?,25+,26-/m0/s1. The molecular formula is C26H38O3. The molecule has 0 bridgehead atoms. The van der Waals surface area contributed by atoms with Gasteiger partial charge < -0.3 is 9.84 Å². The third kappa shape index (κ3) is 3.51. The summed E-state index contributed by atoms with van der Waals surface area (Å²) < 4.78 is 6.36. The van der Waals surface area contributed by atoms with Gasteiger partial charge in [-0.2, -0.15) is 0 Å². The van der Waals surface area contributed by atoms with Gasteiger partial charge in [-0.25, -0.2) is 0 Å². The lowest BCUT2D eigenvalue weighted by molar-refractivity contribution is -0.122. The molecule has 3 heteroatoms. The molecule has 4 aliphatic carbocycles. The Kier molecular flexibility index (Phi) is 5.73. The highest BCUT2D eigenvalue weighted by atomic mass is 16.5. The zero-order valence-corrected chi connectivity index (χ0v) is 18.7. The molecule has 0 heterocycles. The Morgan fingerprint density at radius 3 is 2.79 bits per heavy atom. The lowest BCUT2D eigenvalue weighted by Gasteiger charge is -2.59. The fraction of sp³-hybridized carbons (Fsp3) is 0.808. The molecule has 29 heavy (non-hydrogen) atoms. The Labute approximate surface area is 176 Å². The fourth-order valence-electron chi connectivity index (χ4n) is 7.17. The minimum Gasteiger partial charge on any atom is -0.393 e. The van der Waals surface area contributed by atoms with Crippen molar-refractivity contribution >= 4 is 5.78 Å². The molecular weight excluding hydrogens is 360 g/mol. The molecule has 3 nitrogen and oxygen atoms in total. The van der Waals surface area contributed by atoms with Crippen LogP contribution in [-0.2, 0) is 9.53 Å². The Balaban J connectivity index is 1.61. The van der Waals surface area contributed by atoms with Gasteiger partial charge in [-0.15, -0.1) is 0 Å². The van der Waals surface area contributed by atoms with Gasteiger partial charge in [-0.1, -0.05) is 39.5 Å². The van der Waals surface area contributed by atoms with Crippen LogP contribution in [0.3, 0.4) is 0 Å². The van der Waals surface area contributed by atoms with Gasteiger partial charge in [0.2, 0.25) is 0 Å². The van der Waals surface area contributed by atoms with Crippen molar-refractivity contribution in [2.45, 2.75) is 91.3 Å². The van der Waals surface area contributed by atoms with E-state index < -0.39 is 0 Å². The first kappa shape index (κ1) is 21.1. The van der Waals surface area contributed by atoms with Crippen LogP contribution in [0.15, 0.2) is 11.6 Å². The Morgan fingerprint density at radius 1 is 1.24 bits per heavy atom. The molecule has 8 atom stereocenters. The summed E-state index contributed by atoms with van der Waals surface area (Å²) in [5.74, 6) is 8.90. The fourth-order valence-corrected chi connectivity index (χ4v) is 7.17. The van der Waals surface area contributed by atoms with Crippen LogP contribution in [0, 0.1) is 46.3 Å². The van der Waals surface area contributed by atoms with Crippen LogP contribution in [-0.4, -0.2) is 29.7 Å². The number of fused-ring (bicyclic) bond motifs is 5. The van der Waals surface area contributed by atoms with Gasteiger partial charge in [0.25, 0.3) is 0 Å². The van der Waals surface area contributed by atoms with Gasteiger partial charge in [0.05, 0.1) is 12.2 Å². The highest BCUT2D eigenvalue weighted by molar-refractivity contribution is 5.91. The van der Waals surface area contributed by atoms with E-state index in [1.807, 2.05) is 6.08 Å². The number of ether oxygens (including phenoxy) is 1. The number of hydrogen-bond donors (Lipinski definition) is 1. The summed E-state index contributed by atoms with van der Waals surface area (Å²) in [7, 11) is 0. The van der Waals surface area contributed by atoms with Crippen LogP contribution in [0.2, 0.25) is 0 Å². The van der Waals surface area contributed by atoms with E-state index in [9.17, 15) is 9.90 Å². The highest BCUT2D eigenvalue weighted by Gasteiger charge is 2.60. The molecule has 0 aromatic heterocycles. The number of aliphatic hydroxyl groups is 1. The third-order valence-electron chi connectivity index (χ3n) is 9.22. The quantitative estimate of drug-likeness (QED) is 0.686. The molecule has 4 rings (SSSR count). The van der Waals surface area contributed by atoms with Crippen molar-refractivity contribution in [3.05, 3.63) is 11.6 Å². The molecule has 0 radical (unpaired) electrons. The number of carbonyl (C=O) groups is 1. The van der Waals surface area contributed by atoms with Gasteiger partial charge >= 0.3 is 0 Å². The second-order valence-electron chi connectivity index (χ2n) is 10.7.